The minimum absolute atomic E-state index is 0.270. The molecule has 2 heteroatoms. The van der Waals surface area contributed by atoms with Crippen molar-refractivity contribution in [3.05, 3.63) is 35.5 Å². The van der Waals surface area contributed by atoms with Gasteiger partial charge >= 0.3 is 0 Å². The molecule has 2 N–H and O–H groups in total. The lowest BCUT2D eigenvalue weighted by molar-refractivity contribution is 0.647. The second-order valence-corrected chi connectivity index (χ2v) is 4.66. The molecule has 0 fully saturated rings. The highest BCUT2D eigenvalue weighted by Gasteiger charge is 2.09. The number of aryl methyl sites for hydroxylation is 2. The van der Waals surface area contributed by atoms with Crippen LogP contribution in [0, 0.1) is 6.92 Å². The average molecular weight is 216 g/mol. The number of fused-ring (bicyclic) bond motifs is 1. The van der Waals surface area contributed by atoms with Gasteiger partial charge in [0.05, 0.1) is 0 Å². The van der Waals surface area contributed by atoms with Crippen LogP contribution in [-0.2, 0) is 13.5 Å². The Bertz CT molecular complexity index is 497. The van der Waals surface area contributed by atoms with E-state index in [1.54, 1.807) is 0 Å². The molecule has 2 rings (SSSR count). The van der Waals surface area contributed by atoms with Crippen LogP contribution in [0.2, 0.25) is 0 Å². The van der Waals surface area contributed by atoms with Gasteiger partial charge in [-0.25, -0.2) is 0 Å². The summed E-state index contributed by atoms with van der Waals surface area (Å²) in [7, 11) is 2.10. The summed E-state index contributed by atoms with van der Waals surface area (Å²) in [6.07, 6.45) is 4.21. The van der Waals surface area contributed by atoms with Crippen molar-refractivity contribution in [1.82, 2.24) is 4.57 Å². The molecule has 1 aromatic carbocycles. The lowest BCUT2D eigenvalue weighted by Crippen LogP contribution is -2.21. The third kappa shape index (κ3) is 1.98. The Kier molecular flexibility index (Phi) is 3.01. The molecule has 0 aliphatic heterocycles. The van der Waals surface area contributed by atoms with Crippen LogP contribution in [-0.4, -0.2) is 10.6 Å². The topological polar surface area (TPSA) is 30.9 Å². The zero-order valence-electron chi connectivity index (χ0n) is 10.3. The number of hydrogen-bond acceptors (Lipinski definition) is 1. The molecule has 0 saturated heterocycles. The van der Waals surface area contributed by atoms with E-state index in [2.05, 4.69) is 49.9 Å². The van der Waals surface area contributed by atoms with Gasteiger partial charge in [-0.3, -0.25) is 0 Å². The quantitative estimate of drug-likeness (QED) is 0.840. The highest BCUT2D eigenvalue weighted by atomic mass is 14.9. The Morgan fingerprint density at radius 3 is 2.81 bits per heavy atom. The van der Waals surface area contributed by atoms with Crippen LogP contribution in [0.5, 0.6) is 0 Å². The molecule has 1 atom stereocenters. The maximum atomic E-state index is 6.03. The summed E-state index contributed by atoms with van der Waals surface area (Å²) < 4.78 is 2.19. The van der Waals surface area contributed by atoms with Crippen LogP contribution in [0.4, 0.5) is 0 Å². The summed E-state index contributed by atoms with van der Waals surface area (Å²) in [6, 6.07) is 6.88. The summed E-state index contributed by atoms with van der Waals surface area (Å²) in [5, 5.41) is 1.34. The van der Waals surface area contributed by atoms with Crippen LogP contribution in [0.3, 0.4) is 0 Å². The molecule has 0 saturated carbocycles. The van der Waals surface area contributed by atoms with Crippen molar-refractivity contribution >= 4 is 10.9 Å². The van der Waals surface area contributed by atoms with Crippen LogP contribution in [0.25, 0.3) is 10.9 Å². The van der Waals surface area contributed by atoms with E-state index in [0.717, 1.165) is 12.8 Å². The zero-order chi connectivity index (χ0) is 11.7. The maximum absolute atomic E-state index is 6.03. The van der Waals surface area contributed by atoms with Crippen LogP contribution < -0.4 is 5.73 Å². The fourth-order valence-corrected chi connectivity index (χ4v) is 2.17. The second-order valence-electron chi connectivity index (χ2n) is 4.66. The van der Waals surface area contributed by atoms with E-state index in [1.807, 2.05) is 0 Å². The molecule has 0 bridgehead atoms. The number of aromatic nitrogens is 1. The largest absolute Gasteiger partial charge is 0.350 e. The normalized spacial score (nSPS) is 13.2. The monoisotopic (exact) mass is 216 g/mol. The van der Waals surface area contributed by atoms with Gasteiger partial charge in [0.25, 0.3) is 0 Å². The summed E-state index contributed by atoms with van der Waals surface area (Å²) in [5.41, 5.74) is 10.0. The molecule has 0 aliphatic rings. The third-order valence-corrected chi connectivity index (χ3v) is 3.24. The molecule has 1 heterocycles. The highest BCUT2D eigenvalue weighted by molar-refractivity contribution is 5.84. The lowest BCUT2D eigenvalue weighted by atomic mass is 10.0. The molecule has 0 amide bonds. The Hall–Kier alpha value is -1.28. The first-order valence-corrected chi connectivity index (χ1v) is 5.92. The van der Waals surface area contributed by atoms with Crippen molar-refractivity contribution in [3.8, 4) is 0 Å². The van der Waals surface area contributed by atoms with Crippen molar-refractivity contribution in [2.75, 3.05) is 0 Å². The van der Waals surface area contributed by atoms with Crippen molar-refractivity contribution in [2.24, 2.45) is 12.8 Å². The summed E-state index contributed by atoms with van der Waals surface area (Å²) >= 11 is 0. The summed E-state index contributed by atoms with van der Waals surface area (Å²) in [4.78, 5) is 0. The van der Waals surface area contributed by atoms with Gasteiger partial charge < -0.3 is 10.3 Å². The van der Waals surface area contributed by atoms with Gasteiger partial charge in [-0.2, -0.15) is 0 Å². The van der Waals surface area contributed by atoms with E-state index in [0.29, 0.717) is 0 Å². The van der Waals surface area contributed by atoms with E-state index in [9.17, 15) is 0 Å². The standard InChI is InChI=1S/C14H20N2/c1-4-12(15)8-11-9-16(3)14-7-10(2)5-6-13(11)14/h5-7,9,12H,4,8,15H2,1-3H3. The fraction of sp³-hybridized carbons (Fsp3) is 0.429. The summed E-state index contributed by atoms with van der Waals surface area (Å²) in [5.74, 6) is 0. The minimum atomic E-state index is 0.270. The molecule has 0 radical (unpaired) electrons. The highest BCUT2D eigenvalue weighted by Crippen LogP contribution is 2.23. The molecule has 1 unspecified atom stereocenters. The smallest absolute Gasteiger partial charge is 0.0483 e. The molecule has 16 heavy (non-hydrogen) atoms. The Labute approximate surface area is 97.1 Å². The first-order valence-electron chi connectivity index (χ1n) is 5.92. The van der Waals surface area contributed by atoms with Gasteiger partial charge in [-0.05, 0) is 37.0 Å². The first-order chi connectivity index (χ1) is 7.61. The first kappa shape index (κ1) is 11.2. The van der Waals surface area contributed by atoms with E-state index in [-0.39, 0.29) is 6.04 Å². The lowest BCUT2D eigenvalue weighted by Gasteiger charge is -2.06. The molecular weight excluding hydrogens is 196 g/mol. The Morgan fingerprint density at radius 2 is 2.12 bits per heavy atom. The van der Waals surface area contributed by atoms with E-state index in [1.165, 1.54) is 22.0 Å². The summed E-state index contributed by atoms with van der Waals surface area (Å²) in [6.45, 7) is 4.27. The predicted molar refractivity (Wildman–Crippen MR) is 69.6 cm³/mol. The number of benzene rings is 1. The molecule has 2 aromatic rings. The molecule has 2 nitrogen and oxygen atoms in total. The number of nitrogens with two attached hydrogens (primary N) is 1. The number of rotatable bonds is 3. The van der Waals surface area contributed by atoms with Crippen LogP contribution >= 0.6 is 0 Å². The predicted octanol–water partition coefficient (Wildman–Crippen LogP) is 2.77. The van der Waals surface area contributed by atoms with Gasteiger partial charge in [-0.15, -0.1) is 0 Å². The van der Waals surface area contributed by atoms with Crippen molar-refractivity contribution < 1.29 is 0 Å². The van der Waals surface area contributed by atoms with Gasteiger partial charge in [0.1, 0.15) is 0 Å². The van der Waals surface area contributed by atoms with Gasteiger partial charge in [0.15, 0.2) is 0 Å². The van der Waals surface area contributed by atoms with E-state index >= 15 is 0 Å². The molecule has 0 spiro atoms. The molecule has 0 aliphatic carbocycles. The second kappa shape index (κ2) is 4.30. The molecule has 86 valence electrons. The van der Waals surface area contributed by atoms with Gasteiger partial charge in [0.2, 0.25) is 0 Å². The molecule has 1 aromatic heterocycles. The van der Waals surface area contributed by atoms with E-state index in [4.69, 9.17) is 5.73 Å². The SMILES string of the molecule is CCC(N)Cc1cn(C)c2cc(C)ccc12. The number of hydrogen-bond donors (Lipinski definition) is 1. The van der Waals surface area contributed by atoms with Crippen LogP contribution in [0.15, 0.2) is 24.4 Å². The van der Waals surface area contributed by atoms with Crippen molar-refractivity contribution in [2.45, 2.75) is 32.7 Å². The van der Waals surface area contributed by atoms with Gasteiger partial charge in [0, 0.05) is 30.2 Å². The van der Waals surface area contributed by atoms with Crippen molar-refractivity contribution in [3.63, 3.8) is 0 Å². The molecular formula is C14H20N2. The van der Waals surface area contributed by atoms with Crippen molar-refractivity contribution in [1.29, 1.82) is 0 Å². The maximum Gasteiger partial charge on any atom is 0.0483 e. The average Bonchev–Trinajstić information content (AvgIpc) is 2.55. The van der Waals surface area contributed by atoms with Crippen LogP contribution in [0.1, 0.15) is 24.5 Å². The zero-order valence-corrected chi connectivity index (χ0v) is 10.3. The third-order valence-electron chi connectivity index (χ3n) is 3.24. The Morgan fingerprint density at radius 1 is 1.38 bits per heavy atom. The van der Waals surface area contributed by atoms with Gasteiger partial charge in [-0.1, -0.05) is 19.1 Å². The van der Waals surface area contributed by atoms with E-state index < -0.39 is 0 Å². The Balaban J connectivity index is 2.47. The number of nitrogens with zero attached hydrogens (tertiary/aromatic N) is 1. The fourth-order valence-electron chi connectivity index (χ4n) is 2.17. The minimum Gasteiger partial charge on any atom is -0.350 e.